The minimum absolute atomic E-state index is 0.184. The predicted octanol–water partition coefficient (Wildman–Crippen LogP) is -0.160. The molecule has 0 aromatic heterocycles. The van der Waals surface area contributed by atoms with E-state index in [1.165, 1.54) is 0 Å². The molecule has 0 bridgehead atoms. The molecule has 1 heterocycles. The van der Waals surface area contributed by atoms with Crippen LogP contribution >= 0.6 is 0 Å². The summed E-state index contributed by atoms with van der Waals surface area (Å²) in [6, 6.07) is 0. The molecule has 1 fully saturated rings. The molecule has 4 heteroatoms. The molecule has 0 aromatic rings. The highest BCUT2D eigenvalue weighted by Gasteiger charge is 2.26. The van der Waals surface area contributed by atoms with Crippen molar-refractivity contribution in [2.24, 2.45) is 5.92 Å². The Morgan fingerprint density at radius 2 is 2.22 bits per heavy atom. The van der Waals surface area contributed by atoms with Gasteiger partial charge in [-0.25, -0.2) is 0 Å². The third kappa shape index (κ3) is 1.78. The van der Waals surface area contributed by atoms with Gasteiger partial charge in [0, 0.05) is 28.7 Å². The molecular formula is C5H8O3S. The molecule has 1 N–H and O–H groups in total. The number of carboxylic acids is 1. The van der Waals surface area contributed by atoms with Gasteiger partial charge in [-0.3, -0.25) is 9.00 Å². The quantitative estimate of drug-likeness (QED) is 0.592. The summed E-state index contributed by atoms with van der Waals surface area (Å²) in [6.45, 7) is 0. The van der Waals surface area contributed by atoms with Gasteiger partial charge in [0.05, 0.1) is 0 Å². The fraction of sp³-hybridized carbons (Fsp3) is 0.800. The molecule has 0 aromatic carbocycles. The fourth-order valence-corrected chi connectivity index (χ4v) is 2.03. The van der Waals surface area contributed by atoms with Crippen LogP contribution in [0.15, 0.2) is 0 Å². The van der Waals surface area contributed by atoms with Crippen LogP contribution in [0.4, 0.5) is 0 Å². The Balaban J connectivity index is 2.18. The van der Waals surface area contributed by atoms with E-state index in [1.807, 2.05) is 0 Å². The van der Waals surface area contributed by atoms with E-state index >= 15 is 0 Å². The van der Waals surface area contributed by atoms with Gasteiger partial charge in [-0.05, 0) is 5.92 Å². The zero-order valence-electron chi connectivity index (χ0n) is 4.87. The van der Waals surface area contributed by atoms with E-state index in [1.54, 1.807) is 0 Å². The van der Waals surface area contributed by atoms with Crippen LogP contribution in [-0.2, 0) is 15.6 Å². The Morgan fingerprint density at radius 1 is 1.67 bits per heavy atom. The van der Waals surface area contributed by atoms with Crippen molar-refractivity contribution < 1.29 is 14.1 Å². The molecule has 1 rings (SSSR count). The highest BCUT2D eigenvalue weighted by molar-refractivity contribution is 7.86. The monoisotopic (exact) mass is 148 g/mol. The number of carboxylic acid groups (broad SMARTS) is 1. The Morgan fingerprint density at radius 3 is 2.56 bits per heavy atom. The second-order valence-electron chi connectivity index (χ2n) is 2.24. The van der Waals surface area contributed by atoms with Crippen molar-refractivity contribution in [2.45, 2.75) is 6.42 Å². The van der Waals surface area contributed by atoms with Crippen LogP contribution in [0.25, 0.3) is 0 Å². The second kappa shape index (κ2) is 2.47. The lowest BCUT2D eigenvalue weighted by Gasteiger charge is -2.22. The van der Waals surface area contributed by atoms with Crippen molar-refractivity contribution in [3.05, 3.63) is 0 Å². The van der Waals surface area contributed by atoms with E-state index in [2.05, 4.69) is 0 Å². The summed E-state index contributed by atoms with van der Waals surface area (Å²) < 4.78 is 10.4. The van der Waals surface area contributed by atoms with Gasteiger partial charge in [0.15, 0.2) is 0 Å². The standard InChI is InChI=1S/C5H8O3S/c6-5(7)1-4-2-9(8)3-4/h4H,1-3H2,(H,6,7). The van der Waals surface area contributed by atoms with E-state index in [4.69, 9.17) is 5.11 Å². The Bertz CT molecular complexity index is 146. The van der Waals surface area contributed by atoms with Crippen LogP contribution in [0, 0.1) is 5.92 Å². The first-order chi connectivity index (χ1) is 4.18. The lowest BCUT2D eigenvalue weighted by molar-refractivity contribution is -0.137. The molecule has 1 aliphatic rings. The number of aliphatic carboxylic acids is 1. The summed E-state index contributed by atoms with van der Waals surface area (Å²) in [6.07, 6.45) is 0.186. The number of hydrogen-bond donors (Lipinski definition) is 1. The summed E-state index contributed by atoms with van der Waals surface area (Å²) in [5, 5.41) is 8.24. The first-order valence-electron chi connectivity index (χ1n) is 2.75. The van der Waals surface area contributed by atoms with Gasteiger partial charge < -0.3 is 5.11 Å². The van der Waals surface area contributed by atoms with Gasteiger partial charge in [-0.15, -0.1) is 0 Å². The molecule has 52 valence electrons. The van der Waals surface area contributed by atoms with Crippen molar-refractivity contribution >= 4 is 16.8 Å². The molecular weight excluding hydrogens is 140 g/mol. The molecule has 1 aliphatic heterocycles. The van der Waals surface area contributed by atoms with Crippen LogP contribution < -0.4 is 0 Å². The second-order valence-corrected chi connectivity index (χ2v) is 3.78. The average molecular weight is 148 g/mol. The number of carbonyl (C=O) groups is 1. The normalized spacial score (nSPS) is 33.3. The Hall–Kier alpha value is -0.380. The van der Waals surface area contributed by atoms with E-state index in [0.717, 1.165) is 0 Å². The lowest BCUT2D eigenvalue weighted by Crippen LogP contribution is -2.32. The molecule has 0 spiro atoms. The molecule has 0 saturated carbocycles. The van der Waals surface area contributed by atoms with Gasteiger partial charge in [0.25, 0.3) is 0 Å². The fourth-order valence-electron chi connectivity index (χ4n) is 0.842. The first kappa shape index (κ1) is 6.74. The highest BCUT2D eigenvalue weighted by Crippen LogP contribution is 2.17. The smallest absolute Gasteiger partial charge is 0.303 e. The molecule has 0 aliphatic carbocycles. The van der Waals surface area contributed by atoms with Gasteiger partial charge in [-0.2, -0.15) is 0 Å². The molecule has 9 heavy (non-hydrogen) atoms. The maximum absolute atomic E-state index is 10.4. The van der Waals surface area contributed by atoms with Gasteiger partial charge in [0.2, 0.25) is 0 Å². The van der Waals surface area contributed by atoms with E-state index in [0.29, 0.717) is 11.5 Å². The topological polar surface area (TPSA) is 54.4 Å². The molecule has 1 saturated heterocycles. The van der Waals surface area contributed by atoms with Crippen molar-refractivity contribution in [1.82, 2.24) is 0 Å². The number of rotatable bonds is 2. The summed E-state index contributed by atoms with van der Waals surface area (Å²) in [7, 11) is -0.702. The maximum Gasteiger partial charge on any atom is 0.303 e. The first-order valence-corrected chi connectivity index (χ1v) is 4.24. The maximum atomic E-state index is 10.4. The summed E-state index contributed by atoms with van der Waals surface area (Å²) in [5.41, 5.74) is 0. The van der Waals surface area contributed by atoms with Gasteiger partial charge in [-0.1, -0.05) is 0 Å². The largest absolute Gasteiger partial charge is 0.481 e. The Labute approximate surface area is 55.5 Å². The van der Waals surface area contributed by atoms with Crippen molar-refractivity contribution in [2.75, 3.05) is 11.5 Å². The van der Waals surface area contributed by atoms with Crippen molar-refractivity contribution in [1.29, 1.82) is 0 Å². The van der Waals surface area contributed by atoms with Gasteiger partial charge in [0.1, 0.15) is 0 Å². The van der Waals surface area contributed by atoms with Crippen LogP contribution in [0.2, 0.25) is 0 Å². The summed E-state index contributed by atoms with van der Waals surface area (Å²) in [5.74, 6) is 0.582. The minimum Gasteiger partial charge on any atom is -0.481 e. The SMILES string of the molecule is O=C(O)CC1CS(=O)C1. The molecule has 0 amide bonds. The third-order valence-electron chi connectivity index (χ3n) is 1.31. The van der Waals surface area contributed by atoms with Crippen molar-refractivity contribution in [3.63, 3.8) is 0 Å². The zero-order chi connectivity index (χ0) is 6.85. The van der Waals surface area contributed by atoms with Crippen LogP contribution in [0.5, 0.6) is 0 Å². The van der Waals surface area contributed by atoms with Gasteiger partial charge >= 0.3 is 5.97 Å². The zero-order valence-corrected chi connectivity index (χ0v) is 5.69. The number of hydrogen-bond acceptors (Lipinski definition) is 2. The van der Waals surface area contributed by atoms with E-state index in [-0.39, 0.29) is 12.3 Å². The molecule has 0 radical (unpaired) electrons. The molecule has 3 nitrogen and oxygen atoms in total. The van der Waals surface area contributed by atoms with Crippen molar-refractivity contribution in [3.8, 4) is 0 Å². The summed E-state index contributed by atoms with van der Waals surface area (Å²) in [4.78, 5) is 10.0. The predicted molar refractivity (Wildman–Crippen MR) is 33.6 cm³/mol. The molecule has 0 atom stereocenters. The van der Waals surface area contributed by atoms with Crippen LogP contribution in [0.3, 0.4) is 0 Å². The van der Waals surface area contributed by atoms with Crippen LogP contribution in [0.1, 0.15) is 6.42 Å². The van der Waals surface area contributed by atoms with Crippen LogP contribution in [-0.4, -0.2) is 26.8 Å². The molecule has 0 unspecified atom stereocenters. The third-order valence-corrected chi connectivity index (χ3v) is 2.99. The Kier molecular flexibility index (Phi) is 1.85. The minimum atomic E-state index is -0.781. The highest BCUT2D eigenvalue weighted by atomic mass is 32.2. The van der Waals surface area contributed by atoms with E-state index in [9.17, 15) is 9.00 Å². The lowest BCUT2D eigenvalue weighted by atomic mass is 10.1. The van der Waals surface area contributed by atoms with E-state index < -0.39 is 16.8 Å². The average Bonchev–Trinajstić information content (AvgIpc) is 1.60. The summed E-state index contributed by atoms with van der Waals surface area (Å²) >= 11 is 0.